The Morgan fingerprint density at radius 1 is 1.09 bits per heavy atom. The quantitative estimate of drug-likeness (QED) is 0.116. The number of nitrogens with zero attached hydrogens (tertiary/aromatic N) is 7. The maximum atomic E-state index is 13.3. The Bertz CT molecular complexity index is 2090. The molecule has 1 N–H and O–H groups in total. The van der Waals surface area contributed by atoms with Gasteiger partial charge in [-0.1, -0.05) is 30.2 Å². The number of carbonyl (C=O) groups excluding carboxylic acids is 3. The number of rotatable bonds is 13. The normalized spacial score (nSPS) is 14.5. The van der Waals surface area contributed by atoms with Crippen molar-refractivity contribution >= 4 is 69.3 Å². The molecule has 0 saturated heterocycles. The van der Waals surface area contributed by atoms with E-state index in [0.29, 0.717) is 66.9 Å². The summed E-state index contributed by atoms with van der Waals surface area (Å²) in [7, 11) is 0. The number of amides is 3. The number of hydrogen-bond acceptors (Lipinski definition) is 9. The van der Waals surface area contributed by atoms with Crippen molar-refractivity contribution < 1.29 is 19.1 Å². The van der Waals surface area contributed by atoms with Gasteiger partial charge in [-0.3, -0.25) is 23.9 Å². The van der Waals surface area contributed by atoms with Gasteiger partial charge in [-0.2, -0.15) is 5.26 Å². The Hall–Kier alpha value is -4.77. The molecule has 0 saturated carbocycles. The van der Waals surface area contributed by atoms with E-state index in [9.17, 15) is 14.4 Å². The Morgan fingerprint density at radius 2 is 1.89 bits per heavy atom. The van der Waals surface area contributed by atoms with Crippen molar-refractivity contribution in [3.8, 4) is 16.8 Å². The third kappa shape index (κ3) is 8.25. The summed E-state index contributed by atoms with van der Waals surface area (Å²) >= 11 is 13.7. The molecule has 0 aliphatic carbocycles. The van der Waals surface area contributed by atoms with Crippen molar-refractivity contribution in [2.45, 2.75) is 65.3 Å². The monoisotopic (exact) mass is 774 g/mol. The fourth-order valence-electron chi connectivity index (χ4n) is 6.59. The predicted molar refractivity (Wildman–Crippen MR) is 207 cm³/mol. The number of benzene rings is 2. The molecular weight excluding hydrogens is 735 g/mol. The summed E-state index contributed by atoms with van der Waals surface area (Å²) in [6.45, 7) is 7.52. The molecule has 12 nitrogen and oxygen atoms in total. The zero-order valence-electron chi connectivity index (χ0n) is 29.8. The Balaban J connectivity index is 1.04. The summed E-state index contributed by atoms with van der Waals surface area (Å²) in [5.41, 5.74) is 5.06. The molecule has 0 radical (unpaired) electrons. The molecule has 276 valence electrons. The number of alkyl halides is 1. The molecule has 0 unspecified atom stereocenters. The van der Waals surface area contributed by atoms with Crippen LogP contribution in [-0.2, 0) is 14.4 Å². The average Bonchev–Trinajstić information content (AvgIpc) is 3.64. The van der Waals surface area contributed by atoms with Crippen molar-refractivity contribution in [1.82, 2.24) is 20.1 Å². The summed E-state index contributed by atoms with van der Waals surface area (Å²) in [5.74, 6) is 1.18. The standard InChI is InChI=1S/C38H40Cl2N8O4S/c1-23-24(2)53-38-35(23)36(26-9-11-27(40)12-10-26)43-29(37-45-44-25(3)48(37)38)21-32(49)42-16-6-4-5-8-33(50)47-18-19-52-31-20-28(13-14-30(31)47)46(17-7-15-41)34(51)22-39/h9-14,20,29H,4-8,16-19,21-22H2,1-3H3,(H,42,49)/t29-/m0/s1. The first kappa shape index (κ1) is 38.0. The zero-order valence-corrected chi connectivity index (χ0v) is 32.2. The lowest BCUT2D eigenvalue weighted by Gasteiger charge is -2.31. The van der Waals surface area contributed by atoms with Crippen molar-refractivity contribution in [3.63, 3.8) is 0 Å². The number of nitriles is 1. The van der Waals surface area contributed by atoms with Gasteiger partial charge in [-0.25, -0.2) is 0 Å². The Labute approximate surface area is 322 Å². The van der Waals surface area contributed by atoms with Crippen LogP contribution in [0.15, 0.2) is 47.5 Å². The van der Waals surface area contributed by atoms with Gasteiger partial charge in [0, 0.05) is 52.3 Å². The highest BCUT2D eigenvalue weighted by Gasteiger charge is 2.32. The molecule has 15 heteroatoms. The van der Waals surface area contributed by atoms with Crippen LogP contribution < -0.4 is 19.9 Å². The molecule has 2 aromatic carbocycles. The smallest absolute Gasteiger partial charge is 0.241 e. The van der Waals surface area contributed by atoms with Gasteiger partial charge in [0.2, 0.25) is 17.7 Å². The van der Waals surface area contributed by atoms with Gasteiger partial charge in [0.25, 0.3) is 0 Å². The van der Waals surface area contributed by atoms with E-state index < -0.39 is 6.04 Å². The van der Waals surface area contributed by atoms with Crippen molar-refractivity contribution in [1.29, 1.82) is 5.26 Å². The van der Waals surface area contributed by atoms with Crippen LogP contribution in [0.1, 0.15) is 77.8 Å². The van der Waals surface area contributed by atoms with E-state index in [1.807, 2.05) is 35.8 Å². The van der Waals surface area contributed by atoms with Crippen LogP contribution in [0.5, 0.6) is 5.75 Å². The number of nitrogens with one attached hydrogen (secondary N) is 1. The van der Waals surface area contributed by atoms with E-state index in [0.717, 1.165) is 39.6 Å². The molecule has 2 aliphatic rings. The van der Waals surface area contributed by atoms with Gasteiger partial charge in [-0.15, -0.1) is 33.1 Å². The minimum Gasteiger partial charge on any atom is -0.489 e. The van der Waals surface area contributed by atoms with Crippen LogP contribution in [-0.4, -0.2) is 70.3 Å². The van der Waals surface area contributed by atoms with Crippen LogP contribution >= 0.6 is 34.5 Å². The topological polar surface area (TPSA) is 146 Å². The number of thiophene rings is 1. The van der Waals surface area contributed by atoms with Crippen LogP contribution in [0.25, 0.3) is 5.00 Å². The second kappa shape index (κ2) is 16.9. The van der Waals surface area contributed by atoms with Crippen LogP contribution in [0.2, 0.25) is 5.02 Å². The van der Waals surface area contributed by atoms with Gasteiger partial charge >= 0.3 is 0 Å². The maximum absolute atomic E-state index is 13.3. The van der Waals surface area contributed by atoms with Crippen molar-refractivity contribution in [2.75, 3.05) is 41.9 Å². The number of carbonyl (C=O) groups is 3. The Morgan fingerprint density at radius 3 is 2.64 bits per heavy atom. The van der Waals surface area contributed by atoms with Gasteiger partial charge in [0.15, 0.2) is 5.82 Å². The number of anilines is 2. The number of hydrogen-bond donors (Lipinski definition) is 1. The molecule has 3 amide bonds. The van der Waals surface area contributed by atoms with Crippen molar-refractivity contribution in [2.24, 2.45) is 4.99 Å². The molecule has 0 spiro atoms. The minimum atomic E-state index is -0.548. The van der Waals surface area contributed by atoms with E-state index >= 15 is 0 Å². The highest BCUT2D eigenvalue weighted by atomic mass is 35.5. The SMILES string of the molecule is Cc1sc2c(c1C)C(c1ccc(Cl)cc1)=N[C@@H](CC(=O)NCCCCCC(=O)N1CCOc3cc(N(CCC#N)C(=O)CCl)ccc31)c1nnc(C)n1-2. The van der Waals surface area contributed by atoms with Gasteiger partial charge in [0.1, 0.15) is 35.1 Å². The fourth-order valence-corrected chi connectivity index (χ4v) is 8.07. The largest absolute Gasteiger partial charge is 0.489 e. The number of unbranched alkanes of at least 4 members (excludes halogenated alkanes) is 2. The van der Waals surface area contributed by atoms with E-state index in [1.54, 1.807) is 34.4 Å². The van der Waals surface area contributed by atoms with Crippen LogP contribution in [0, 0.1) is 32.1 Å². The van der Waals surface area contributed by atoms with Gasteiger partial charge in [-0.05, 0) is 63.4 Å². The third-order valence-corrected chi connectivity index (χ3v) is 11.1. The second-order valence-corrected chi connectivity index (χ2v) is 14.8. The number of ether oxygens (including phenoxy) is 1. The molecule has 2 aromatic heterocycles. The third-order valence-electron chi connectivity index (χ3n) is 9.41. The molecule has 0 fully saturated rings. The average molecular weight is 776 g/mol. The van der Waals surface area contributed by atoms with E-state index in [-0.39, 0.29) is 43.0 Å². The first-order valence-corrected chi connectivity index (χ1v) is 19.3. The molecule has 6 rings (SSSR count). The van der Waals surface area contributed by atoms with Crippen molar-refractivity contribution in [3.05, 3.63) is 80.7 Å². The lowest BCUT2D eigenvalue weighted by molar-refractivity contribution is -0.121. The number of aliphatic imine (C=N–C) groups is 1. The second-order valence-electron chi connectivity index (χ2n) is 12.9. The fraction of sp³-hybridized carbons (Fsp3) is 0.395. The predicted octanol–water partition coefficient (Wildman–Crippen LogP) is 6.78. The van der Waals surface area contributed by atoms with E-state index in [2.05, 4.69) is 35.4 Å². The number of fused-ring (bicyclic) bond motifs is 4. The molecular formula is C38H40Cl2N8O4S. The lowest BCUT2D eigenvalue weighted by Crippen LogP contribution is -2.38. The number of aryl methyl sites for hydroxylation is 2. The van der Waals surface area contributed by atoms with Crippen LogP contribution in [0.4, 0.5) is 11.4 Å². The first-order valence-electron chi connectivity index (χ1n) is 17.5. The zero-order chi connectivity index (χ0) is 37.6. The Kier molecular flexibility index (Phi) is 12.1. The number of halogens is 2. The maximum Gasteiger partial charge on any atom is 0.241 e. The molecule has 1 atom stereocenters. The highest BCUT2D eigenvalue weighted by Crippen LogP contribution is 2.40. The number of aromatic nitrogens is 3. The lowest BCUT2D eigenvalue weighted by atomic mass is 9.99. The van der Waals surface area contributed by atoms with E-state index in [4.69, 9.17) is 38.2 Å². The minimum absolute atomic E-state index is 0.0226. The summed E-state index contributed by atoms with van der Waals surface area (Å²) in [5, 5.41) is 22.5. The molecule has 0 bridgehead atoms. The van der Waals surface area contributed by atoms with Crippen LogP contribution in [0.3, 0.4) is 0 Å². The molecule has 53 heavy (non-hydrogen) atoms. The summed E-state index contributed by atoms with van der Waals surface area (Å²) in [6, 6.07) is 14.3. The molecule has 4 heterocycles. The van der Waals surface area contributed by atoms with Gasteiger partial charge in [0.05, 0.1) is 36.9 Å². The van der Waals surface area contributed by atoms with E-state index in [1.165, 1.54) is 9.78 Å². The molecule has 4 aromatic rings. The first-order chi connectivity index (χ1) is 25.6. The van der Waals surface area contributed by atoms with Gasteiger partial charge < -0.3 is 19.9 Å². The summed E-state index contributed by atoms with van der Waals surface area (Å²) < 4.78 is 7.87. The summed E-state index contributed by atoms with van der Waals surface area (Å²) in [6.07, 6.45) is 2.74. The highest BCUT2D eigenvalue weighted by molar-refractivity contribution is 7.15. The summed E-state index contributed by atoms with van der Waals surface area (Å²) in [4.78, 5) is 48.5. The molecule has 2 aliphatic heterocycles.